The molecule has 104 valence electrons. The molecule has 1 saturated carbocycles. The molecule has 2 amide bonds. The Hall–Kier alpha value is -1.75. The highest BCUT2D eigenvalue weighted by Crippen LogP contribution is 2.27. The van der Waals surface area contributed by atoms with Gasteiger partial charge in [-0.3, -0.25) is 9.59 Å². The third-order valence-electron chi connectivity index (χ3n) is 3.64. The Morgan fingerprint density at radius 3 is 3.15 bits per heavy atom. The lowest BCUT2D eigenvalue weighted by Crippen LogP contribution is -2.36. The number of aliphatic imine (C=N–C) groups is 1. The maximum atomic E-state index is 12.1. The molecule has 1 fully saturated rings. The summed E-state index contributed by atoms with van der Waals surface area (Å²) in [5.74, 6) is -1.27. The Bertz CT molecular complexity index is 587. The molecule has 1 aliphatic carbocycles. The van der Waals surface area contributed by atoms with E-state index in [2.05, 4.69) is 10.3 Å². The van der Waals surface area contributed by atoms with Crippen molar-refractivity contribution in [1.29, 1.82) is 0 Å². The molecule has 20 heavy (non-hydrogen) atoms. The van der Waals surface area contributed by atoms with Gasteiger partial charge in [0.15, 0.2) is 0 Å². The fourth-order valence-corrected chi connectivity index (χ4v) is 3.30. The van der Waals surface area contributed by atoms with Crippen LogP contribution in [0.2, 0.25) is 0 Å². The van der Waals surface area contributed by atoms with Crippen LogP contribution >= 0.6 is 11.3 Å². The summed E-state index contributed by atoms with van der Waals surface area (Å²) < 4.78 is 0. The van der Waals surface area contributed by atoms with Crippen LogP contribution in [-0.2, 0) is 16.0 Å². The Morgan fingerprint density at radius 1 is 1.45 bits per heavy atom. The molecule has 1 aromatic rings. The molecule has 1 N–H and O–H groups in total. The molecule has 4 nitrogen and oxygen atoms in total. The highest BCUT2D eigenvalue weighted by Gasteiger charge is 2.31. The van der Waals surface area contributed by atoms with Gasteiger partial charge in [-0.1, -0.05) is 12.1 Å². The van der Waals surface area contributed by atoms with Crippen molar-refractivity contribution in [2.45, 2.75) is 25.7 Å². The second-order valence-electron chi connectivity index (χ2n) is 5.04. The summed E-state index contributed by atoms with van der Waals surface area (Å²) in [5.41, 5.74) is 1.97. The zero-order valence-electron chi connectivity index (χ0n) is 11.1. The third kappa shape index (κ3) is 2.72. The standard InChI is InChI=1S/C15H16N2O2S/c18-14(16-7-6-11-4-2-8-20-11)12-9-10-3-1-5-13(10)17-15(12)19/h2,4,8-9,12H,1,3,5-7H2,(H,16,18). The predicted molar refractivity (Wildman–Crippen MR) is 78.9 cm³/mol. The van der Waals surface area contributed by atoms with Gasteiger partial charge in [0.05, 0.1) is 0 Å². The first kappa shape index (κ1) is 13.2. The van der Waals surface area contributed by atoms with E-state index in [-0.39, 0.29) is 11.8 Å². The second kappa shape index (κ2) is 5.71. The van der Waals surface area contributed by atoms with Crippen molar-refractivity contribution in [3.05, 3.63) is 34.0 Å². The van der Waals surface area contributed by atoms with Gasteiger partial charge in [0.25, 0.3) is 5.91 Å². The van der Waals surface area contributed by atoms with E-state index in [1.807, 2.05) is 17.5 Å². The Morgan fingerprint density at radius 2 is 2.35 bits per heavy atom. The summed E-state index contributed by atoms with van der Waals surface area (Å²) in [6.45, 7) is 0.558. The van der Waals surface area contributed by atoms with Crippen molar-refractivity contribution in [3.63, 3.8) is 0 Å². The zero-order chi connectivity index (χ0) is 13.9. The number of hydrogen-bond donors (Lipinski definition) is 1. The Labute approximate surface area is 121 Å². The molecule has 2 aliphatic rings. The maximum absolute atomic E-state index is 12.1. The van der Waals surface area contributed by atoms with Crippen molar-refractivity contribution in [2.75, 3.05) is 6.54 Å². The average molecular weight is 288 g/mol. The molecule has 3 rings (SSSR count). The molecule has 0 spiro atoms. The quantitative estimate of drug-likeness (QED) is 0.863. The molecule has 1 atom stereocenters. The van der Waals surface area contributed by atoms with Crippen LogP contribution in [0.25, 0.3) is 0 Å². The third-order valence-corrected chi connectivity index (χ3v) is 4.58. The van der Waals surface area contributed by atoms with Crippen molar-refractivity contribution in [2.24, 2.45) is 10.9 Å². The summed E-state index contributed by atoms with van der Waals surface area (Å²) in [7, 11) is 0. The lowest BCUT2D eigenvalue weighted by molar-refractivity contribution is -0.131. The first-order chi connectivity index (χ1) is 9.74. The topological polar surface area (TPSA) is 58.5 Å². The molecule has 2 heterocycles. The molecule has 1 aliphatic heterocycles. The zero-order valence-corrected chi connectivity index (χ0v) is 11.9. The molecule has 1 aromatic heterocycles. The lowest BCUT2D eigenvalue weighted by atomic mass is 9.99. The van der Waals surface area contributed by atoms with Crippen LogP contribution in [0.5, 0.6) is 0 Å². The van der Waals surface area contributed by atoms with E-state index in [1.54, 1.807) is 17.4 Å². The highest BCUT2D eigenvalue weighted by molar-refractivity contribution is 7.09. The number of carbonyl (C=O) groups is 2. The predicted octanol–water partition coefficient (Wildman–Crippen LogP) is 2.11. The van der Waals surface area contributed by atoms with Crippen LogP contribution < -0.4 is 5.32 Å². The van der Waals surface area contributed by atoms with E-state index in [0.29, 0.717) is 6.54 Å². The number of nitrogens with one attached hydrogen (secondary N) is 1. The van der Waals surface area contributed by atoms with Gasteiger partial charge in [0, 0.05) is 17.1 Å². The molecule has 5 heteroatoms. The van der Waals surface area contributed by atoms with Gasteiger partial charge >= 0.3 is 0 Å². The first-order valence-corrected chi connectivity index (χ1v) is 7.74. The molecule has 1 unspecified atom stereocenters. The number of amides is 2. The number of rotatable bonds is 4. The number of carbonyl (C=O) groups excluding carboxylic acids is 2. The summed E-state index contributed by atoms with van der Waals surface area (Å²) in [4.78, 5) is 29.2. The first-order valence-electron chi connectivity index (χ1n) is 6.86. The molecule has 0 bridgehead atoms. The van der Waals surface area contributed by atoms with Gasteiger partial charge in [-0.2, -0.15) is 0 Å². The van der Waals surface area contributed by atoms with Crippen molar-refractivity contribution < 1.29 is 9.59 Å². The van der Waals surface area contributed by atoms with Crippen molar-refractivity contribution in [1.82, 2.24) is 5.32 Å². The van der Waals surface area contributed by atoms with Gasteiger partial charge < -0.3 is 5.32 Å². The van der Waals surface area contributed by atoms with Crippen LogP contribution in [-0.4, -0.2) is 24.1 Å². The number of allylic oxidation sites excluding steroid dienone is 1. The van der Waals surface area contributed by atoms with E-state index in [9.17, 15) is 9.59 Å². The monoisotopic (exact) mass is 288 g/mol. The second-order valence-corrected chi connectivity index (χ2v) is 6.07. The Balaban J connectivity index is 1.57. The van der Waals surface area contributed by atoms with E-state index in [0.717, 1.165) is 37.0 Å². The number of dihydropyridines is 1. The summed E-state index contributed by atoms with van der Waals surface area (Å²) in [5, 5.41) is 4.85. The molecular weight excluding hydrogens is 272 g/mol. The van der Waals surface area contributed by atoms with Gasteiger partial charge in [0.1, 0.15) is 5.92 Å². The Kier molecular flexibility index (Phi) is 3.78. The van der Waals surface area contributed by atoms with Crippen LogP contribution in [0.3, 0.4) is 0 Å². The minimum Gasteiger partial charge on any atom is -0.355 e. The maximum Gasteiger partial charge on any atom is 0.262 e. The van der Waals surface area contributed by atoms with Crippen molar-refractivity contribution in [3.8, 4) is 0 Å². The van der Waals surface area contributed by atoms with Gasteiger partial charge in [-0.25, -0.2) is 4.99 Å². The summed E-state index contributed by atoms with van der Waals surface area (Å²) >= 11 is 1.67. The molecule has 0 aromatic carbocycles. The minimum absolute atomic E-state index is 0.228. The average Bonchev–Trinajstić information content (AvgIpc) is 3.08. The number of nitrogens with zero attached hydrogens (tertiary/aromatic N) is 1. The van der Waals surface area contributed by atoms with Gasteiger partial charge in [-0.05, 0) is 42.7 Å². The van der Waals surface area contributed by atoms with Gasteiger partial charge in [-0.15, -0.1) is 11.3 Å². The van der Waals surface area contributed by atoms with E-state index < -0.39 is 5.92 Å². The van der Waals surface area contributed by atoms with Crippen LogP contribution in [0.15, 0.2) is 34.2 Å². The number of fused-ring (bicyclic) bond motifs is 1. The van der Waals surface area contributed by atoms with Crippen LogP contribution in [0.4, 0.5) is 0 Å². The van der Waals surface area contributed by atoms with E-state index in [1.165, 1.54) is 4.88 Å². The fraction of sp³-hybridized carbons (Fsp3) is 0.400. The normalized spacial score (nSPS) is 21.2. The number of thiophene rings is 1. The highest BCUT2D eigenvalue weighted by atomic mass is 32.1. The van der Waals surface area contributed by atoms with E-state index >= 15 is 0 Å². The SMILES string of the molecule is O=C1N=C2CCCC2=CC1C(=O)NCCc1cccs1. The molecular formula is C15H16N2O2S. The van der Waals surface area contributed by atoms with Crippen LogP contribution in [0, 0.1) is 5.92 Å². The van der Waals surface area contributed by atoms with Crippen LogP contribution in [0.1, 0.15) is 24.1 Å². The minimum atomic E-state index is -0.727. The fourth-order valence-electron chi connectivity index (χ4n) is 2.59. The lowest BCUT2D eigenvalue weighted by Gasteiger charge is -2.15. The molecule has 0 saturated heterocycles. The van der Waals surface area contributed by atoms with Crippen molar-refractivity contribution >= 4 is 28.9 Å². The summed E-state index contributed by atoms with van der Waals surface area (Å²) in [6, 6.07) is 4.03. The van der Waals surface area contributed by atoms with E-state index in [4.69, 9.17) is 0 Å². The summed E-state index contributed by atoms with van der Waals surface area (Å²) in [6.07, 6.45) is 5.44. The number of hydrogen-bond acceptors (Lipinski definition) is 3. The smallest absolute Gasteiger partial charge is 0.262 e. The van der Waals surface area contributed by atoms with Gasteiger partial charge in [0.2, 0.25) is 5.91 Å². The molecule has 0 radical (unpaired) electrons. The largest absolute Gasteiger partial charge is 0.355 e.